The van der Waals surface area contributed by atoms with Crippen molar-refractivity contribution in [2.75, 3.05) is 13.1 Å². The van der Waals surface area contributed by atoms with Gasteiger partial charge in [0.2, 0.25) is 0 Å². The Labute approximate surface area is 201 Å². The number of aromatic nitrogens is 5. The lowest BCUT2D eigenvalue weighted by atomic mass is 10.0. The Bertz CT molecular complexity index is 1520. The maximum atomic E-state index is 4.93. The monoisotopic (exact) mass is 467 g/mol. The molecule has 170 valence electrons. The van der Waals surface area contributed by atoms with Gasteiger partial charge in [-0.2, -0.15) is 16.4 Å². The molecular weight excluding hydrogens is 442 g/mol. The smallest absolute Gasteiger partial charge is 0.159 e. The van der Waals surface area contributed by atoms with E-state index in [-0.39, 0.29) is 0 Å². The number of nitrogens with one attached hydrogen (secondary N) is 3. The van der Waals surface area contributed by atoms with Gasteiger partial charge in [0.05, 0.1) is 16.4 Å². The van der Waals surface area contributed by atoms with Crippen molar-refractivity contribution < 1.29 is 0 Å². The van der Waals surface area contributed by atoms with E-state index in [1.54, 1.807) is 17.5 Å². The zero-order valence-electron chi connectivity index (χ0n) is 19.1. The topological polar surface area (TPSA) is 94.6 Å². The fourth-order valence-corrected chi connectivity index (χ4v) is 4.62. The number of pyridine rings is 1. The molecule has 5 aromatic rings. The zero-order valence-corrected chi connectivity index (χ0v) is 19.9. The molecule has 0 unspecified atom stereocenters. The third-order valence-corrected chi connectivity index (χ3v) is 6.29. The van der Waals surface area contributed by atoms with Gasteiger partial charge in [-0.05, 0) is 54.7 Å². The van der Waals surface area contributed by atoms with Gasteiger partial charge in [-0.3, -0.25) is 10.1 Å². The molecule has 0 aliphatic carbocycles. The SMILES string of the molecule is C=N/C=C(\C=C(/C)CNCC)c1cnc2[nH]nc(-c3nc4c(-c5ccsc5)cccc4[nH]3)c2c1. The maximum absolute atomic E-state index is 4.93. The molecule has 0 amide bonds. The van der Waals surface area contributed by atoms with E-state index in [0.29, 0.717) is 11.5 Å². The third-order valence-electron chi connectivity index (χ3n) is 5.61. The second-order valence-electron chi connectivity index (χ2n) is 8.03. The van der Waals surface area contributed by atoms with Crippen LogP contribution < -0.4 is 5.32 Å². The molecule has 0 radical (unpaired) electrons. The van der Waals surface area contributed by atoms with E-state index in [2.05, 4.69) is 86.1 Å². The van der Waals surface area contributed by atoms with E-state index >= 15 is 0 Å². The van der Waals surface area contributed by atoms with E-state index in [9.17, 15) is 0 Å². The standard InChI is InChI=1S/C26H25N7S/c1-4-28-12-16(2)10-18(13-27-3)19-11-21-24(32-33-25(21)29-14-19)26-30-22-7-5-6-20(23(22)31-26)17-8-9-34-15-17/h5-11,13-15,28H,3-4,12H2,1-2H3,(H,30,31)(H,29,32,33)/b16-10+,18-13+. The van der Waals surface area contributed by atoms with Crippen LogP contribution in [0.2, 0.25) is 0 Å². The van der Waals surface area contributed by atoms with Crippen molar-refractivity contribution in [3.05, 3.63) is 70.7 Å². The lowest BCUT2D eigenvalue weighted by Crippen LogP contribution is -2.14. The maximum Gasteiger partial charge on any atom is 0.159 e. The highest BCUT2D eigenvalue weighted by molar-refractivity contribution is 7.08. The predicted octanol–water partition coefficient (Wildman–Crippen LogP) is 5.83. The fraction of sp³-hybridized carbons (Fsp3) is 0.154. The van der Waals surface area contributed by atoms with Crippen molar-refractivity contribution in [1.29, 1.82) is 0 Å². The second kappa shape index (κ2) is 9.54. The Morgan fingerprint density at radius 3 is 3.00 bits per heavy atom. The summed E-state index contributed by atoms with van der Waals surface area (Å²) in [5.41, 5.74) is 8.67. The number of aliphatic imine (C=N–C) groups is 1. The largest absolute Gasteiger partial charge is 0.337 e. The van der Waals surface area contributed by atoms with Gasteiger partial charge in [0.15, 0.2) is 11.5 Å². The van der Waals surface area contributed by atoms with Crippen molar-refractivity contribution >= 4 is 45.7 Å². The number of fused-ring (bicyclic) bond motifs is 2. The number of likely N-dealkylation sites (N-methyl/N-ethyl adjacent to an activating group) is 1. The summed E-state index contributed by atoms with van der Waals surface area (Å²) in [6.45, 7) is 9.55. The summed E-state index contributed by atoms with van der Waals surface area (Å²) in [6.07, 6.45) is 5.69. The molecular formula is C26H25N7S. The molecule has 0 saturated heterocycles. The highest BCUT2D eigenvalue weighted by Crippen LogP contribution is 2.32. The van der Waals surface area contributed by atoms with Crippen LogP contribution in [-0.4, -0.2) is 45.0 Å². The molecule has 4 aromatic heterocycles. The normalized spacial score (nSPS) is 12.6. The van der Waals surface area contributed by atoms with Crippen LogP contribution >= 0.6 is 11.3 Å². The van der Waals surface area contributed by atoms with Crippen LogP contribution in [-0.2, 0) is 0 Å². The minimum atomic E-state index is 0.703. The van der Waals surface area contributed by atoms with Gasteiger partial charge in [-0.15, -0.1) is 0 Å². The van der Waals surface area contributed by atoms with Gasteiger partial charge in [-0.25, -0.2) is 9.97 Å². The molecule has 8 heteroatoms. The minimum Gasteiger partial charge on any atom is -0.337 e. The quantitative estimate of drug-likeness (QED) is 0.198. The molecule has 0 atom stereocenters. The van der Waals surface area contributed by atoms with E-state index in [0.717, 1.165) is 57.5 Å². The van der Waals surface area contributed by atoms with Crippen LogP contribution in [0.3, 0.4) is 0 Å². The summed E-state index contributed by atoms with van der Waals surface area (Å²) in [4.78, 5) is 17.0. The third kappa shape index (κ3) is 4.21. The van der Waals surface area contributed by atoms with Crippen LogP contribution in [0.4, 0.5) is 0 Å². The first-order valence-corrected chi connectivity index (χ1v) is 12.0. The van der Waals surface area contributed by atoms with Crippen LogP contribution in [0.15, 0.2) is 70.1 Å². The summed E-state index contributed by atoms with van der Waals surface area (Å²) in [5.74, 6) is 0.703. The van der Waals surface area contributed by atoms with Gasteiger partial charge < -0.3 is 10.3 Å². The van der Waals surface area contributed by atoms with E-state index in [1.165, 1.54) is 5.57 Å². The summed E-state index contributed by atoms with van der Waals surface area (Å²) in [6, 6.07) is 10.4. The van der Waals surface area contributed by atoms with Gasteiger partial charge in [-0.1, -0.05) is 30.7 Å². The first-order chi connectivity index (χ1) is 16.7. The Morgan fingerprint density at radius 2 is 2.21 bits per heavy atom. The summed E-state index contributed by atoms with van der Waals surface area (Å²) in [7, 11) is 0. The molecule has 0 bridgehead atoms. The van der Waals surface area contributed by atoms with Crippen LogP contribution in [0.5, 0.6) is 0 Å². The highest BCUT2D eigenvalue weighted by atomic mass is 32.1. The number of benzene rings is 1. The number of para-hydroxylation sites is 1. The van der Waals surface area contributed by atoms with Crippen molar-refractivity contribution in [3.63, 3.8) is 0 Å². The molecule has 0 spiro atoms. The molecule has 0 saturated carbocycles. The minimum absolute atomic E-state index is 0.703. The number of hydrogen-bond acceptors (Lipinski definition) is 6. The molecule has 5 rings (SSSR count). The van der Waals surface area contributed by atoms with Crippen molar-refractivity contribution in [2.45, 2.75) is 13.8 Å². The van der Waals surface area contributed by atoms with E-state index < -0.39 is 0 Å². The second-order valence-corrected chi connectivity index (χ2v) is 8.81. The number of rotatable bonds is 8. The number of hydrogen-bond donors (Lipinski definition) is 3. The van der Waals surface area contributed by atoms with E-state index in [4.69, 9.17) is 4.98 Å². The van der Waals surface area contributed by atoms with Crippen LogP contribution in [0.25, 0.3) is 50.3 Å². The van der Waals surface area contributed by atoms with Gasteiger partial charge in [0.25, 0.3) is 0 Å². The Balaban J connectivity index is 1.59. The Morgan fingerprint density at radius 1 is 1.29 bits per heavy atom. The summed E-state index contributed by atoms with van der Waals surface area (Å²) >= 11 is 1.68. The van der Waals surface area contributed by atoms with Crippen molar-refractivity contribution in [1.82, 2.24) is 30.5 Å². The fourth-order valence-electron chi connectivity index (χ4n) is 3.97. The number of nitrogens with zero attached hydrogens (tertiary/aromatic N) is 4. The predicted molar refractivity (Wildman–Crippen MR) is 142 cm³/mol. The number of allylic oxidation sites excluding steroid dienone is 2. The number of aromatic amines is 2. The average Bonchev–Trinajstić information content (AvgIpc) is 3.60. The number of imidazole rings is 1. The molecule has 0 fully saturated rings. The first kappa shape index (κ1) is 21.9. The number of H-pyrrole nitrogens is 2. The summed E-state index contributed by atoms with van der Waals surface area (Å²) in [5, 5.41) is 16.0. The number of thiophene rings is 1. The van der Waals surface area contributed by atoms with Gasteiger partial charge in [0.1, 0.15) is 5.69 Å². The molecule has 3 N–H and O–H groups in total. The Kier molecular flexibility index (Phi) is 6.16. The lowest BCUT2D eigenvalue weighted by Gasteiger charge is -2.06. The average molecular weight is 468 g/mol. The van der Waals surface area contributed by atoms with Crippen molar-refractivity contribution in [3.8, 4) is 22.6 Å². The van der Waals surface area contributed by atoms with Crippen LogP contribution in [0, 0.1) is 0 Å². The van der Waals surface area contributed by atoms with E-state index in [1.807, 2.05) is 18.3 Å². The van der Waals surface area contributed by atoms with Crippen molar-refractivity contribution in [2.24, 2.45) is 4.99 Å². The van der Waals surface area contributed by atoms with Gasteiger partial charge >= 0.3 is 0 Å². The first-order valence-electron chi connectivity index (χ1n) is 11.1. The molecule has 0 aliphatic rings. The highest BCUT2D eigenvalue weighted by Gasteiger charge is 2.16. The summed E-state index contributed by atoms with van der Waals surface area (Å²) < 4.78 is 0. The molecule has 0 aliphatic heterocycles. The lowest BCUT2D eigenvalue weighted by molar-refractivity contribution is 0.776. The van der Waals surface area contributed by atoms with Crippen LogP contribution in [0.1, 0.15) is 19.4 Å². The van der Waals surface area contributed by atoms with Gasteiger partial charge in [0, 0.05) is 35.6 Å². The Hall–Kier alpha value is -3.88. The molecule has 4 heterocycles. The molecule has 34 heavy (non-hydrogen) atoms. The molecule has 1 aromatic carbocycles. The zero-order chi connectivity index (χ0) is 23.5. The molecule has 7 nitrogen and oxygen atoms in total.